The molecule has 0 radical (unpaired) electrons. The smallest absolute Gasteiger partial charge is 0.150 e. The van der Waals surface area contributed by atoms with Gasteiger partial charge in [0.25, 0.3) is 0 Å². The van der Waals surface area contributed by atoms with Crippen molar-refractivity contribution in [3.05, 3.63) is 0 Å². The highest BCUT2D eigenvalue weighted by Gasteiger charge is 2.61. The summed E-state index contributed by atoms with van der Waals surface area (Å²) >= 11 is 6.42. The summed E-state index contributed by atoms with van der Waals surface area (Å²) in [4.78, 5) is 12.1. The van der Waals surface area contributed by atoms with Gasteiger partial charge in [0.1, 0.15) is 0 Å². The summed E-state index contributed by atoms with van der Waals surface area (Å²) in [6.07, 6.45) is 9.82. The second-order valence-corrected chi connectivity index (χ2v) is 9.87. The van der Waals surface area contributed by atoms with Crippen LogP contribution < -0.4 is 0 Å². The average molecular weight is 339 g/mol. The Labute approximate surface area is 145 Å². The predicted molar refractivity (Wildman–Crippen MR) is 92.6 cm³/mol. The van der Waals surface area contributed by atoms with Crippen LogP contribution in [0.5, 0.6) is 0 Å². The van der Waals surface area contributed by atoms with Crippen molar-refractivity contribution in [2.24, 2.45) is 34.5 Å². The van der Waals surface area contributed by atoms with E-state index in [0.717, 1.165) is 30.6 Å². The van der Waals surface area contributed by atoms with E-state index in [9.17, 15) is 4.79 Å². The molecule has 23 heavy (non-hydrogen) atoms. The number of carbonyl (C=O) groups is 1. The first-order valence-electron chi connectivity index (χ1n) is 9.59. The van der Waals surface area contributed by atoms with Crippen molar-refractivity contribution in [1.82, 2.24) is 0 Å². The molecule has 4 aliphatic rings. The summed E-state index contributed by atoms with van der Waals surface area (Å²) in [5, 5.41) is -0.237. The van der Waals surface area contributed by atoms with Gasteiger partial charge in [0.05, 0.1) is 11.5 Å². The van der Waals surface area contributed by atoms with Crippen LogP contribution in [-0.2, 0) is 9.53 Å². The molecule has 0 spiro atoms. The van der Waals surface area contributed by atoms with Crippen molar-refractivity contribution in [1.29, 1.82) is 0 Å². The molecule has 0 heterocycles. The first kappa shape index (κ1) is 16.4. The van der Waals surface area contributed by atoms with Gasteiger partial charge in [-0.2, -0.15) is 0 Å². The number of carbonyl (C=O) groups excluding carboxylic acids is 1. The topological polar surface area (TPSA) is 26.3 Å². The fourth-order valence-electron chi connectivity index (χ4n) is 7.40. The Balaban J connectivity index is 1.63. The second-order valence-electron chi connectivity index (χ2n) is 9.35. The quantitative estimate of drug-likeness (QED) is 0.640. The molecule has 4 aliphatic carbocycles. The van der Waals surface area contributed by atoms with Crippen molar-refractivity contribution >= 4 is 17.4 Å². The summed E-state index contributed by atoms with van der Waals surface area (Å²) in [6, 6.07) is 0. The number of ether oxygens (including phenoxy) is 1. The number of Topliss-reactive ketones (excluding diaryl/α,β-unsaturated/α-hetero) is 1. The number of rotatable bonds is 1. The van der Waals surface area contributed by atoms with E-state index in [1.807, 2.05) is 7.11 Å². The normalized spacial score (nSPS) is 55.9. The number of methoxy groups -OCH3 is 1. The van der Waals surface area contributed by atoms with Crippen LogP contribution in [0.3, 0.4) is 0 Å². The SMILES string of the molecule is CO[C@H]1CC[C@H]2[C@@H]3CC[C@H]4CC(=O)[C@H](Cl)C[C@]4(C)[C@H]3CC[C@]12C. The number of fused-ring (bicyclic) bond motifs is 5. The number of alkyl halides is 1. The highest BCUT2D eigenvalue weighted by molar-refractivity contribution is 6.31. The van der Waals surface area contributed by atoms with Crippen molar-refractivity contribution in [3.63, 3.8) is 0 Å². The molecule has 130 valence electrons. The summed E-state index contributed by atoms with van der Waals surface area (Å²) < 4.78 is 5.86. The minimum Gasteiger partial charge on any atom is -0.381 e. The predicted octanol–water partition coefficient (Wildman–Crippen LogP) is 4.83. The van der Waals surface area contributed by atoms with Crippen LogP contribution >= 0.6 is 11.6 Å². The first-order valence-corrected chi connectivity index (χ1v) is 10.0. The van der Waals surface area contributed by atoms with E-state index in [1.54, 1.807) is 0 Å². The van der Waals surface area contributed by atoms with Crippen molar-refractivity contribution < 1.29 is 9.53 Å². The Bertz CT molecular complexity index is 506. The third-order valence-corrected chi connectivity index (χ3v) is 9.08. The van der Waals surface area contributed by atoms with Crippen molar-refractivity contribution in [3.8, 4) is 0 Å². The van der Waals surface area contributed by atoms with E-state index in [1.165, 1.54) is 38.5 Å². The molecule has 4 fully saturated rings. The standard InChI is InChI=1S/C20H31ClO2/c1-19-9-8-15-13(14(19)6-7-18(19)23-3)5-4-12-10-17(22)16(21)11-20(12,15)2/h12-16,18H,4-11H2,1-3H3/t12-,13-,14-,15-,16+,18-,19-,20-/m0/s1. The molecule has 0 bridgehead atoms. The second kappa shape index (κ2) is 5.46. The van der Waals surface area contributed by atoms with Gasteiger partial charge in [0, 0.05) is 13.5 Å². The Morgan fingerprint density at radius 1 is 1.04 bits per heavy atom. The number of hydrogen-bond donors (Lipinski definition) is 0. The highest BCUT2D eigenvalue weighted by Crippen LogP contribution is 2.66. The average Bonchev–Trinajstić information content (AvgIpc) is 2.85. The van der Waals surface area contributed by atoms with Gasteiger partial charge in [-0.05, 0) is 79.4 Å². The molecule has 0 saturated heterocycles. The molecule has 0 N–H and O–H groups in total. The summed E-state index contributed by atoms with van der Waals surface area (Å²) in [5.74, 6) is 3.29. The summed E-state index contributed by atoms with van der Waals surface area (Å²) in [6.45, 7) is 4.94. The third-order valence-electron chi connectivity index (χ3n) is 8.68. The maximum Gasteiger partial charge on any atom is 0.150 e. The fourth-order valence-corrected chi connectivity index (χ4v) is 7.82. The van der Waals surface area contributed by atoms with Crippen LogP contribution in [-0.4, -0.2) is 24.4 Å². The van der Waals surface area contributed by atoms with Gasteiger partial charge in [-0.1, -0.05) is 13.8 Å². The van der Waals surface area contributed by atoms with Gasteiger partial charge in [0.2, 0.25) is 0 Å². The van der Waals surface area contributed by atoms with Crippen LogP contribution in [0.4, 0.5) is 0 Å². The molecule has 0 aromatic heterocycles. The van der Waals surface area contributed by atoms with Gasteiger partial charge in [-0.3, -0.25) is 4.79 Å². The molecule has 4 saturated carbocycles. The van der Waals surface area contributed by atoms with E-state index in [-0.39, 0.29) is 10.8 Å². The van der Waals surface area contributed by atoms with E-state index < -0.39 is 0 Å². The largest absolute Gasteiger partial charge is 0.381 e. The first-order chi connectivity index (χ1) is 10.9. The lowest BCUT2D eigenvalue weighted by Crippen LogP contribution is -2.55. The highest BCUT2D eigenvalue weighted by atomic mass is 35.5. The zero-order valence-corrected chi connectivity index (χ0v) is 15.6. The van der Waals surface area contributed by atoms with Crippen LogP contribution in [0.15, 0.2) is 0 Å². The van der Waals surface area contributed by atoms with E-state index in [0.29, 0.717) is 23.2 Å². The van der Waals surface area contributed by atoms with Crippen molar-refractivity contribution in [2.45, 2.75) is 76.7 Å². The molecule has 0 amide bonds. The molecular weight excluding hydrogens is 308 g/mol. The molecule has 0 aromatic carbocycles. The Kier molecular flexibility index (Phi) is 3.89. The van der Waals surface area contributed by atoms with Gasteiger partial charge >= 0.3 is 0 Å². The molecule has 4 rings (SSSR count). The third kappa shape index (κ3) is 2.20. The maximum absolute atomic E-state index is 12.1. The number of ketones is 1. The summed E-state index contributed by atoms with van der Waals surface area (Å²) in [7, 11) is 1.90. The molecular formula is C20H31ClO2. The van der Waals surface area contributed by atoms with Gasteiger partial charge in [-0.15, -0.1) is 11.6 Å². The minimum absolute atomic E-state index is 0.237. The van der Waals surface area contributed by atoms with Gasteiger partial charge in [0.15, 0.2) is 5.78 Å². The Morgan fingerprint density at radius 2 is 1.78 bits per heavy atom. The lowest BCUT2D eigenvalue weighted by Gasteiger charge is -2.60. The van der Waals surface area contributed by atoms with Crippen LogP contribution in [0.1, 0.15) is 65.2 Å². The zero-order valence-electron chi connectivity index (χ0n) is 14.8. The van der Waals surface area contributed by atoms with Gasteiger partial charge < -0.3 is 4.74 Å². The van der Waals surface area contributed by atoms with Crippen LogP contribution in [0, 0.1) is 34.5 Å². The lowest BCUT2D eigenvalue weighted by molar-refractivity contribution is -0.142. The number of hydrogen-bond acceptors (Lipinski definition) is 2. The van der Waals surface area contributed by atoms with Crippen molar-refractivity contribution in [2.75, 3.05) is 7.11 Å². The van der Waals surface area contributed by atoms with E-state index in [4.69, 9.17) is 16.3 Å². The molecule has 0 aliphatic heterocycles. The lowest BCUT2D eigenvalue weighted by atomic mass is 9.45. The maximum atomic E-state index is 12.1. The Hall–Kier alpha value is -0.0800. The zero-order chi connectivity index (χ0) is 16.4. The number of halogens is 1. The fraction of sp³-hybridized carbons (Fsp3) is 0.950. The van der Waals surface area contributed by atoms with Gasteiger partial charge in [-0.25, -0.2) is 0 Å². The summed E-state index contributed by atoms with van der Waals surface area (Å²) in [5.41, 5.74) is 0.666. The molecule has 8 atom stereocenters. The minimum atomic E-state index is -0.237. The Morgan fingerprint density at radius 3 is 2.52 bits per heavy atom. The van der Waals surface area contributed by atoms with Crippen LogP contribution in [0.25, 0.3) is 0 Å². The molecule has 0 unspecified atom stereocenters. The van der Waals surface area contributed by atoms with E-state index >= 15 is 0 Å². The van der Waals surface area contributed by atoms with E-state index in [2.05, 4.69) is 13.8 Å². The molecule has 3 heteroatoms. The molecule has 0 aromatic rings. The van der Waals surface area contributed by atoms with Crippen LogP contribution in [0.2, 0.25) is 0 Å². The molecule has 2 nitrogen and oxygen atoms in total. The monoisotopic (exact) mass is 338 g/mol.